The molecule has 0 aromatic heterocycles. The van der Waals surface area contributed by atoms with Gasteiger partial charge in [-0.3, -0.25) is 0 Å². The second-order valence-electron chi connectivity index (χ2n) is 6.06. The third kappa shape index (κ3) is 3.90. The molecule has 0 nitrogen and oxygen atoms in total. The van der Waals surface area contributed by atoms with Crippen LogP contribution in [0.5, 0.6) is 0 Å². The van der Waals surface area contributed by atoms with Crippen molar-refractivity contribution >= 4 is 0 Å². The first-order valence-corrected chi connectivity index (χ1v) is 8.62. The van der Waals surface area contributed by atoms with E-state index in [0.717, 1.165) is 6.42 Å². The van der Waals surface area contributed by atoms with Gasteiger partial charge in [0.05, 0.1) is 0 Å². The Morgan fingerprint density at radius 1 is 0.609 bits per heavy atom. The molecule has 0 aliphatic carbocycles. The van der Waals surface area contributed by atoms with E-state index in [0.29, 0.717) is 0 Å². The molecule has 116 valence electrons. The Balaban J connectivity index is 2.00. The quantitative estimate of drug-likeness (QED) is 0.441. The van der Waals surface area contributed by atoms with Crippen molar-refractivity contribution in [2.45, 2.75) is 32.6 Å². The van der Waals surface area contributed by atoms with E-state index in [1.165, 1.54) is 47.1 Å². The van der Waals surface area contributed by atoms with Crippen LogP contribution >= 0.6 is 0 Å². The van der Waals surface area contributed by atoms with Gasteiger partial charge in [-0.25, -0.2) is 0 Å². The van der Waals surface area contributed by atoms with Gasteiger partial charge in [0.25, 0.3) is 0 Å². The molecule has 0 heterocycles. The van der Waals surface area contributed by atoms with Gasteiger partial charge in [-0.05, 0) is 46.7 Å². The number of rotatable bonds is 6. The summed E-state index contributed by atoms with van der Waals surface area (Å²) < 4.78 is 0. The number of unbranched alkanes of at least 4 members (excludes halogenated alkanes) is 2. The van der Waals surface area contributed by atoms with E-state index in [1.54, 1.807) is 0 Å². The first-order valence-electron chi connectivity index (χ1n) is 8.62. The summed E-state index contributed by atoms with van der Waals surface area (Å²) in [6.07, 6.45) is 4.99. The third-order valence-electron chi connectivity index (χ3n) is 4.35. The van der Waals surface area contributed by atoms with Crippen LogP contribution in [0.1, 0.15) is 31.7 Å². The summed E-state index contributed by atoms with van der Waals surface area (Å²) in [5.41, 5.74) is 6.73. The molecule has 0 amide bonds. The fraction of sp³-hybridized carbons (Fsp3) is 0.217. The van der Waals surface area contributed by atoms with Gasteiger partial charge in [-0.15, -0.1) is 0 Å². The predicted molar refractivity (Wildman–Crippen MR) is 101 cm³/mol. The number of hydrogen-bond donors (Lipinski definition) is 0. The lowest BCUT2D eigenvalue weighted by atomic mass is 9.92. The van der Waals surface area contributed by atoms with Crippen LogP contribution in [0.4, 0.5) is 0 Å². The van der Waals surface area contributed by atoms with Crippen LogP contribution in [-0.2, 0) is 6.42 Å². The molecule has 3 rings (SSSR count). The second-order valence-corrected chi connectivity index (χ2v) is 6.06. The molecule has 0 unspecified atom stereocenters. The summed E-state index contributed by atoms with van der Waals surface area (Å²) in [6.45, 7) is 2.26. The van der Waals surface area contributed by atoms with Crippen molar-refractivity contribution in [3.8, 4) is 22.3 Å². The molecule has 23 heavy (non-hydrogen) atoms. The van der Waals surface area contributed by atoms with E-state index in [4.69, 9.17) is 0 Å². The Bertz CT molecular complexity index is 727. The Morgan fingerprint density at radius 2 is 1.26 bits per heavy atom. The summed E-state index contributed by atoms with van der Waals surface area (Å²) in [4.78, 5) is 0. The van der Waals surface area contributed by atoms with Gasteiger partial charge in [0.1, 0.15) is 0 Å². The van der Waals surface area contributed by atoms with Crippen molar-refractivity contribution in [2.24, 2.45) is 0 Å². The van der Waals surface area contributed by atoms with E-state index in [-0.39, 0.29) is 0 Å². The molecule has 0 heteroatoms. The molecular formula is C23H24. The predicted octanol–water partition coefficient (Wildman–Crippen LogP) is 6.75. The minimum Gasteiger partial charge on any atom is -0.0654 e. The highest BCUT2D eigenvalue weighted by Crippen LogP contribution is 2.30. The average Bonchev–Trinajstić information content (AvgIpc) is 2.63. The standard InChI is InChI=1S/C23H24/c1-2-3-6-13-21-16-17-22(19-11-7-4-8-12-19)18-23(21)20-14-9-5-10-15-20/h4-5,7-12,14-18H,2-3,6,13H2,1H3. The molecule has 0 aliphatic heterocycles. The molecule has 0 aliphatic rings. The molecular weight excluding hydrogens is 276 g/mol. The van der Waals surface area contributed by atoms with Crippen molar-refractivity contribution in [3.63, 3.8) is 0 Å². The van der Waals surface area contributed by atoms with E-state index >= 15 is 0 Å². The number of hydrogen-bond acceptors (Lipinski definition) is 0. The smallest absolute Gasteiger partial charge is 0.0146 e. The Morgan fingerprint density at radius 3 is 1.91 bits per heavy atom. The average molecular weight is 300 g/mol. The van der Waals surface area contributed by atoms with Crippen molar-refractivity contribution in [3.05, 3.63) is 84.4 Å². The van der Waals surface area contributed by atoms with Crippen LogP contribution in [0.2, 0.25) is 0 Å². The molecule has 0 N–H and O–H groups in total. The first-order chi connectivity index (χ1) is 11.4. The van der Waals surface area contributed by atoms with Gasteiger partial charge in [-0.1, -0.05) is 92.6 Å². The van der Waals surface area contributed by atoms with Crippen molar-refractivity contribution in [2.75, 3.05) is 0 Å². The Hall–Kier alpha value is -2.34. The summed E-state index contributed by atoms with van der Waals surface area (Å²) in [7, 11) is 0. The molecule has 0 fully saturated rings. The number of benzene rings is 3. The molecule has 3 aromatic rings. The lowest BCUT2D eigenvalue weighted by Gasteiger charge is -2.13. The van der Waals surface area contributed by atoms with Crippen LogP contribution in [0, 0.1) is 0 Å². The van der Waals surface area contributed by atoms with Crippen LogP contribution < -0.4 is 0 Å². The minimum absolute atomic E-state index is 1.16. The molecule has 0 bridgehead atoms. The maximum atomic E-state index is 2.35. The van der Waals surface area contributed by atoms with E-state index in [1.807, 2.05) is 0 Å². The molecule has 0 radical (unpaired) electrons. The Kier molecular flexibility index (Phi) is 5.26. The molecule has 0 saturated heterocycles. The molecule has 0 atom stereocenters. The zero-order chi connectivity index (χ0) is 15.9. The van der Waals surface area contributed by atoms with Crippen molar-refractivity contribution in [1.82, 2.24) is 0 Å². The maximum Gasteiger partial charge on any atom is -0.0146 e. The Labute approximate surface area is 139 Å². The fourth-order valence-corrected chi connectivity index (χ4v) is 3.06. The van der Waals surface area contributed by atoms with Gasteiger partial charge in [0, 0.05) is 0 Å². The SMILES string of the molecule is CCCCCc1ccc(-c2ccccc2)cc1-c1ccccc1. The highest BCUT2D eigenvalue weighted by molar-refractivity contribution is 5.75. The molecule has 0 saturated carbocycles. The first kappa shape index (κ1) is 15.6. The monoisotopic (exact) mass is 300 g/mol. The van der Waals surface area contributed by atoms with E-state index in [2.05, 4.69) is 85.8 Å². The van der Waals surface area contributed by atoms with E-state index in [9.17, 15) is 0 Å². The molecule has 0 spiro atoms. The van der Waals surface area contributed by atoms with Crippen LogP contribution in [0.25, 0.3) is 22.3 Å². The van der Waals surface area contributed by atoms with Crippen LogP contribution in [-0.4, -0.2) is 0 Å². The third-order valence-corrected chi connectivity index (χ3v) is 4.35. The van der Waals surface area contributed by atoms with Crippen LogP contribution in [0.3, 0.4) is 0 Å². The van der Waals surface area contributed by atoms with Crippen molar-refractivity contribution < 1.29 is 0 Å². The topological polar surface area (TPSA) is 0 Å². The largest absolute Gasteiger partial charge is 0.0654 e. The van der Waals surface area contributed by atoms with Gasteiger partial charge in [0.15, 0.2) is 0 Å². The van der Waals surface area contributed by atoms with Gasteiger partial charge >= 0.3 is 0 Å². The summed E-state index contributed by atoms with van der Waals surface area (Å²) in [6, 6.07) is 28.3. The summed E-state index contributed by atoms with van der Waals surface area (Å²) in [5.74, 6) is 0. The summed E-state index contributed by atoms with van der Waals surface area (Å²) in [5, 5.41) is 0. The lowest BCUT2D eigenvalue weighted by Crippen LogP contribution is -1.92. The van der Waals surface area contributed by atoms with Crippen molar-refractivity contribution in [1.29, 1.82) is 0 Å². The normalized spacial score (nSPS) is 10.7. The summed E-state index contributed by atoms with van der Waals surface area (Å²) >= 11 is 0. The highest BCUT2D eigenvalue weighted by Gasteiger charge is 2.07. The lowest BCUT2D eigenvalue weighted by molar-refractivity contribution is 0.718. The second kappa shape index (κ2) is 7.78. The minimum atomic E-state index is 1.16. The van der Waals surface area contributed by atoms with E-state index < -0.39 is 0 Å². The van der Waals surface area contributed by atoms with Gasteiger partial charge in [-0.2, -0.15) is 0 Å². The van der Waals surface area contributed by atoms with Crippen LogP contribution in [0.15, 0.2) is 78.9 Å². The fourth-order valence-electron chi connectivity index (χ4n) is 3.06. The number of aryl methyl sites for hydroxylation is 1. The van der Waals surface area contributed by atoms with Gasteiger partial charge in [0.2, 0.25) is 0 Å². The highest BCUT2D eigenvalue weighted by atomic mass is 14.1. The molecule has 3 aromatic carbocycles. The zero-order valence-corrected chi connectivity index (χ0v) is 13.8. The van der Waals surface area contributed by atoms with Gasteiger partial charge < -0.3 is 0 Å². The zero-order valence-electron chi connectivity index (χ0n) is 13.8. The maximum absolute atomic E-state index is 2.35.